The zero-order valence-electron chi connectivity index (χ0n) is 8.12. The summed E-state index contributed by atoms with van der Waals surface area (Å²) in [7, 11) is 0. The Morgan fingerprint density at radius 3 is 2.87 bits per heavy atom. The Morgan fingerprint density at radius 1 is 1.47 bits per heavy atom. The molecule has 0 radical (unpaired) electrons. The van der Waals surface area contributed by atoms with Crippen molar-refractivity contribution in [1.29, 1.82) is 0 Å². The van der Waals surface area contributed by atoms with E-state index < -0.39 is 5.82 Å². The monoisotopic (exact) mass is 204 g/mol. The lowest BCUT2D eigenvalue weighted by Crippen LogP contribution is -1.97. The van der Waals surface area contributed by atoms with Crippen molar-refractivity contribution in [3.05, 3.63) is 35.3 Å². The summed E-state index contributed by atoms with van der Waals surface area (Å²) >= 11 is 0. The van der Waals surface area contributed by atoms with Crippen molar-refractivity contribution >= 4 is 22.9 Å². The van der Waals surface area contributed by atoms with E-state index >= 15 is 0 Å². The molecule has 15 heavy (non-hydrogen) atoms. The van der Waals surface area contributed by atoms with Crippen molar-refractivity contribution in [2.24, 2.45) is 0 Å². The van der Waals surface area contributed by atoms with Gasteiger partial charge in [0.05, 0.1) is 0 Å². The number of rotatable bonds is 1. The molecule has 0 bridgehead atoms. The highest BCUT2D eigenvalue weighted by molar-refractivity contribution is 5.93. The molecule has 0 aliphatic heterocycles. The molecule has 76 valence electrons. The van der Waals surface area contributed by atoms with Gasteiger partial charge in [0, 0.05) is 11.1 Å². The third kappa shape index (κ3) is 1.44. The van der Waals surface area contributed by atoms with Gasteiger partial charge in [0.15, 0.2) is 12.1 Å². The Morgan fingerprint density at radius 2 is 2.20 bits per heavy atom. The summed E-state index contributed by atoms with van der Waals surface area (Å²) in [5, 5.41) is 0.531. The number of hydrogen-bond donors (Lipinski definition) is 1. The van der Waals surface area contributed by atoms with E-state index in [1.54, 1.807) is 19.1 Å². The van der Waals surface area contributed by atoms with Gasteiger partial charge in [0.2, 0.25) is 0 Å². The summed E-state index contributed by atoms with van der Waals surface area (Å²) in [5.41, 5.74) is 6.97. The van der Waals surface area contributed by atoms with E-state index in [1.165, 1.54) is 6.07 Å². The predicted octanol–water partition coefficient (Wildman–Crippen LogP) is 2.08. The van der Waals surface area contributed by atoms with Crippen LogP contribution in [0.15, 0.2) is 18.2 Å². The molecule has 0 amide bonds. The normalized spacial score (nSPS) is 10.5. The molecule has 2 N–H and O–H groups in total. The molecular formula is C11H9FN2O. The second-order valence-electron chi connectivity index (χ2n) is 3.35. The highest BCUT2D eigenvalue weighted by atomic mass is 19.1. The summed E-state index contributed by atoms with van der Waals surface area (Å²) in [6.07, 6.45) is 0.581. The number of pyridine rings is 1. The molecule has 0 unspecified atom stereocenters. The van der Waals surface area contributed by atoms with Crippen molar-refractivity contribution in [3.63, 3.8) is 0 Å². The molecule has 3 nitrogen and oxygen atoms in total. The lowest BCUT2D eigenvalue weighted by Gasteiger charge is -2.05. The zero-order valence-corrected chi connectivity index (χ0v) is 8.12. The van der Waals surface area contributed by atoms with Crippen LogP contribution in [-0.2, 0) is 0 Å². The molecule has 0 atom stereocenters. The quantitative estimate of drug-likeness (QED) is 0.571. The summed E-state index contributed by atoms with van der Waals surface area (Å²) in [4.78, 5) is 14.4. The van der Waals surface area contributed by atoms with Gasteiger partial charge in [-0.2, -0.15) is 0 Å². The highest BCUT2D eigenvalue weighted by Gasteiger charge is 2.09. The van der Waals surface area contributed by atoms with E-state index in [1.807, 2.05) is 0 Å². The van der Waals surface area contributed by atoms with E-state index in [9.17, 15) is 9.18 Å². The van der Waals surface area contributed by atoms with E-state index in [2.05, 4.69) is 4.98 Å². The Labute approximate surface area is 85.7 Å². The number of nitrogens with two attached hydrogens (primary N) is 1. The molecule has 0 saturated heterocycles. The Bertz CT molecular complexity index is 552. The maximum absolute atomic E-state index is 13.7. The minimum Gasteiger partial charge on any atom is -0.398 e. The van der Waals surface area contributed by atoms with Crippen LogP contribution in [0.2, 0.25) is 0 Å². The molecule has 1 aromatic carbocycles. The molecule has 0 aliphatic rings. The molecule has 2 aromatic rings. The molecule has 0 spiro atoms. The first-order valence-corrected chi connectivity index (χ1v) is 4.44. The first kappa shape index (κ1) is 9.58. The van der Waals surface area contributed by atoms with Crippen LogP contribution in [-0.4, -0.2) is 11.3 Å². The summed E-state index contributed by atoms with van der Waals surface area (Å²) in [6.45, 7) is 1.61. The first-order valence-electron chi connectivity index (χ1n) is 4.44. The van der Waals surface area contributed by atoms with Gasteiger partial charge < -0.3 is 5.73 Å². The number of fused-ring (bicyclic) bond motifs is 1. The molecule has 4 heteroatoms. The van der Waals surface area contributed by atoms with E-state index in [0.29, 0.717) is 22.9 Å². The topological polar surface area (TPSA) is 56.0 Å². The van der Waals surface area contributed by atoms with Gasteiger partial charge >= 0.3 is 0 Å². The van der Waals surface area contributed by atoms with Gasteiger partial charge in [-0.1, -0.05) is 0 Å². The van der Waals surface area contributed by atoms with E-state index in [-0.39, 0.29) is 11.2 Å². The van der Waals surface area contributed by atoms with E-state index in [4.69, 9.17) is 5.73 Å². The number of hydrogen-bond acceptors (Lipinski definition) is 3. The molecular weight excluding hydrogens is 195 g/mol. The number of halogens is 1. The standard InChI is InChI=1S/C11H9FN2O/c1-6-4-9(13)8-3-2-7(5-15)14-11(8)10(6)12/h2-5H,13H2,1H3. The fraction of sp³-hybridized carbons (Fsp3) is 0.0909. The number of nitrogens with zero attached hydrogens (tertiary/aromatic N) is 1. The van der Waals surface area contributed by atoms with Crippen molar-refractivity contribution < 1.29 is 9.18 Å². The average Bonchev–Trinajstić information content (AvgIpc) is 2.25. The van der Waals surface area contributed by atoms with Crippen LogP contribution in [0.5, 0.6) is 0 Å². The maximum Gasteiger partial charge on any atom is 0.168 e. The van der Waals surface area contributed by atoms with E-state index in [0.717, 1.165) is 0 Å². The van der Waals surface area contributed by atoms with Crippen molar-refractivity contribution in [3.8, 4) is 0 Å². The lowest BCUT2D eigenvalue weighted by atomic mass is 10.1. The van der Waals surface area contributed by atoms with Gasteiger partial charge in [0.1, 0.15) is 11.2 Å². The summed E-state index contributed by atoms with van der Waals surface area (Å²) < 4.78 is 13.7. The van der Waals surface area contributed by atoms with Crippen molar-refractivity contribution in [2.75, 3.05) is 5.73 Å². The second-order valence-corrected chi connectivity index (χ2v) is 3.35. The number of carbonyl (C=O) groups is 1. The fourth-order valence-electron chi connectivity index (χ4n) is 1.50. The largest absolute Gasteiger partial charge is 0.398 e. The first-order chi connectivity index (χ1) is 7.13. The van der Waals surface area contributed by atoms with Crippen LogP contribution in [0.3, 0.4) is 0 Å². The molecule has 0 aliphatic carbocycles. The Kier molecular flexibility index (Phi) is 2.11. The maximum atomic E-state index is 13.7. The smallest absolute Gasteiger partial charge is 0.168 e. The van der Waals surface area contributed by atoms with Crippen LogP contribution in [0.25, 0.3) is 10.9 Å². The fourth-order valence-corrected chi connectivity index (χ4v) is 1.50. The minimum absolute atomic E-state index is 0.150. The van der Waals surface area contributed by atoms with Crippen LogP contribution >= 0.6 is 0 Å². The molecule has 1 aromatic heterocycles. The third-order valence-corrected chi connectivity index (χ3v) is 2.27. The highest BCUT2D eigenvalue weighted by Crippen LogP contribution is 2.25. The van der Waals surface area contributed by atoms with Crippen molar-refractivity contribution in [1.82, 2.24) is 4.98 Å². The van der Waals surface area contributed by atoms with Crippen LogP contribution < -0.4 is 5.73 Å². The van der Waals surface area contributed by atoms with Gasteiger partial charge in [-0.25, -0.2) is 9.37 Å². The average molecular weight is 204 g/mol. The van der Waals surface area contributed by atoms with Crippen molar-refractivity contribution in [2.45, 2.75) is 6.92 Å². The minimum atomic E-state index is -0.428. The number of benzene rings is 1. The van der Waals surface area contributed by atoms with Gasteiger partial charge in [-0.15, -0.1) is 0 Å². The Hall–Kier alpha value is -1.97. The zero-order chi connectivity index (χ0) is 11.0. The molecule has 2 rings (SSSR count). The summed E-state index contributed by atoms with van der Waals surface area (Å²) in [6, 6.07) is 4.67. The Balaban J connectivity index is 2.91. The third-order valence-electron chi connectivity index (χ3n) is 2.27. The second kappa shape index (κ2) is 3.31. The van der Waals surface area contributed by atoms with Crippen LogP contribution in [0.4, 0.5) is 10.1 Å². The van der Waals surface area contributed by atoms with Crippen LogP contribution in [0, 0.1) is 12.7 Å². The number of aldehydes is 1. The number of anilines is 1. The van der Waals surface area contributed by atoms with Gasteiger partial charge in [-0.3, -0.25) is 4.79 Å². The number of carbonyl (C=O) groups excluding carboxylic acids is 1. The van der Waals surface area contributed by atoms with Gasteiger partial charge in [0.25, 0.3) is 0 Å². The molecule has 0 fully saturated rings. The summed E-state index contributed by atoms with van der Waals surface area (Å²) in [5.74, 6) is -0.428. The molecule has 0 saturated carbocycles. The number of nitrogen functional groups attached to an aromatic ring is 1. The lowest BCUT2D eigenvalue weighted by molar-refractivity contribution is 0.111. The SMILES string of the molecule is Cc1cc(N)c2ccc(C=O)nc2c1F. The number of aryl methyl sites for hydroxylation is 1. The van der Waals surface area contributed by atoms with Crippen LogP contribution in [0.1, 0.15) is 16.1 Å². The number of aromatic nitrogens is 1. The molecule has 1 heterocycles. The van der Waals surface area contributed by atoms with Gasteiger partial charge in [-0.05, 0) is 30.7 Å². The predicted molar refractivity (Wildman–Crippen MR) is 56.2 cm³/mol.